The largest absolute Gasteiger partial charge is 0.508 e. The van der Waals surface area contributed by atoms with Gasteiger partial charge in [-0.3, -0.25) is 0 Å². The first-order chi connectivity index (χ1) is 16.1. The van der Waals surface area contributed by atoms with Crippen LogP contribution in [0.2, 0.25) is 0 Å². The maximum Gasteiger partial charge on any atom is 0.337 e. The van der Waals surface area contributed by atoms with Gasteiger partial charge in [-0.1, -0.05) is 96.1 Å². The van der Waals surface area contributed by atoms with Crippen LogP contribution < -0.4 is 10.6 Å². The normalized spacial score (nSPS) is 15.8. The molecular formula is C27H42N2O3S. The van der Waals surface area contributed by atoms with Crippen LogP contribution in [0, 0.1) is 0 Å². The molecule has 0 aromatic heterocycles. The van der Waals surface area contributed by atoms with Crippen LogP contribution in [0.1, 0.15) is 108 Å². The first-order valence-electron chi connectivity index (χ1n) is 12.7. The topological polar surface area (TPSA) is 70.6 Å². The Morgan fingerprint density at radius 2 is 1.55 bits per heavy atom. The van der Waals surface area contributed by atoms with E-state index in [4.69, 9.17) is 17.0 Å². The third kappa shape index (κ3) is 9.75. The fourth-order valence-electron chi connectivity index (χ4n) is 4.44. The third-order valence-electron chi connectivity index (χ3n) is 6.29. The molecule has 0 aliphatic carbocycles. The average Bonchev–Trinajstić information content (AvgIpc) is 2.81. The molecule has 1 atom stereocenters. The Hall–Kier alpha value is -2.08. The van der Waals surface area contributed by atoms with Crippen LogP contribution in [0.3, 0.4) is 0 Å². The molecule has 1 aliphatic rings. The van der Waals surface area contributed by atoms with Crippen molar-refractivity contribution in [2.45, 2.75) is 103 Å². The fourth-order valence-corrected chi connectivity index (χ4v) is 4.68. The number of hydrogen-bond acceptors (Lipinski definition) is 4. The lowest BCUT2D eigenvalue weighted by Gasteiger charge is -2.31. The summed E-state index contributed by atoms with van der Waals surface area (Å²) in [4.78, 5) is 12.6. The van der Waals surface area contributed by atoms with Gasteiger partial charge in [0.05, 0.1) is 18.7 Å². The molecule has 3 N–H and O–H groups in total. The second-order valence-electron chi connectivity index (χ2n) is 9.00. The summed E-state index contributed by atoms with van der Waals surface area (Å²) in [7, 11) is 1.39. The Bertz CT molecular complexity index is 778. The molecular weight excluding hydrogens is 432 g/mol. The molecule has 0 spiro atoms. The van der Waals surface area contributed by atoms with E-state index in [9.17, 15) is 9.90 Å². The van der Waals surface area contributed by atoms with E-state index in [1.165, 1.54) is 77.7 Å². The summed E-state index contributed by atoms with van der Waals surface area (Å²) in [6, 6.07) is 6.46. The second-order valence-corrected chi connectivity index (χ2v) is 9.41. The van der Waals surface area contributed by atoms with Crippen molar-refractivity contribution in [3.63, 3.8) is 0 Å². The molecule has 1 aromatic rings. The van der Waals surface area contributed by atoms with Gasteiger partial charge in [0, 0.05) is 5.70 Å². The number of unbranched alkanes of at least 4 members (excludes halogenated alkanes) is 12. The number of benzene rings is 1. The molecule has 1 unspecified atom stereocenters. The Balaban J connectivity index is 1.78. The number of thiocarbonyl (C=S) groups is 1. The quantitative estimate of drug-likeness (QED) is 0.139. The number of nitrogens with one attached hydrogen (secondary N) is 2. The molecule has 2 rings (SSSR count). The number of esters is 1. The number of allylic oxidation sites excluding steroid dienone is 1. The van der Waals surface area contributed by atoms with E-state index in [1.807, 2.05) is 6.07 Å². The van der Waals surface area contributed by atoms with E-state index in [-0.39, 0.29) is 11.7 Å². The highest BCUT2D eigenvalue weighted by molar-refractivity contribution is 7.80. The summed E-state index contributed by atoms with van der Waals surface area (Å²) in [6.07, 6.45) is 17.7. The molecule has 184 valence electrons. The van der Waals surface area contributed by atoms with E-state index in [0.717, 1.165) is 30.5 Å². The van der Waals surface area contributed by atoms with E-state index in [1.54, 1.807) is 18.2 Å². The highest BCUT2D eigenvalue weighted by atomic mass is 32.1. The molecule has 0 saturated heterocycles. The average molecular weight is 475 g/mol. The lowest BCUT2D eigenvalue weighted by atomic mass is 9.93. The number of hydrogen-bond donors (Lipinski definition) is 3. The number of phenolic OH excluding ortho intramolecular Hbond substituents is 1. The number of carbonyl (C=O) groups is 1. The molecule has 0 saturated carbocycles. The van der Waals surface area contributed by atoms with Crippen LogP contribution in [-0.2, 0) is 9.53 Å². The monoisotopic (exact) mass is 474 g/mol. The van der Waals surface area contributed by atoms with Crippen LogP contribution in [0.15, 0.2) is 35.5 Å². The van der Waals surface area contributed by atoms with Crippen LogP contribution in [0.5, 0.6) is 5.75 Å². The van der Waals surface area contributed by atoms with E-state index < -0.39 is 6.04 Å². The predicted molar refractivity (Wildman–Crippen MR) is 139 cm³/mol. The minimum Gasteiger partial charge on any atom is -0.508 e. The number of carbonyl (C=O) groups excluding carboxylic acids is 1. The predicted octanol–water partition coefficient (Wildman–Crippen LogP) is 6.82. The van der Waals surface area contributed by atoms with Gasteiger partial charge in [-0.15, -0.1) is 0 Å². The molecule has 1 aliphatic heterocycles. The van der Waals surface area contributed by atoms with Gasteiger partial charge in [0.1, 0.15) is 5.75 Å². The molecule has 1 heterocycles. The van der Waals surface area contributed by atoms with Crippen molar-refractivity contribution in [2.75, 3.05) is 7.11 Å². The molecule has 0 fully saturated rings. The third-order valence-corrected chi connectivity index (χ3v) is 6.51. The molecule has 5 nitrogen and oxygen atoms in total. The highest BCUT2D eigenvalue weighted by Crippen LogP contribution is 2.31. The Morgan fingerprint density at radius 3 is 2.09 bits per heavy atom. The van der Waals surface area contributed by atoms with E-state index in [0.29, 0.717) is 10.7 Å². The summed E-state index contributed by atoms with van der Waals surface area (Å²) in [6.45, 7) is 2.26. The molecule has 33 heavy (non-hydrogen) atoms. The van der Waals surface area contributed by atoms with Gasteiger partial charge >= 0.3 is 5.97 Å². The minimum atomic E-state index is -0.435. The second kappa shape index (κ2) is 15.7. The lowest BCUT2D eigenvalue weighted by Crippen LogP contribution is -2.45. The molecule has 0 radical (unpaired) electrons. The maximum absolute atomic E-state index is 12.6. The summed E-state index contributed by atoms with van der Waals surface area (Å²) in [5.41, 5.74) is 2.14. The summed E-state index contributed by atoms with van der Waals surface area (Å²) in [5, 5.41) is 16.7. The van der Waals surface area contributed by atoms with Gasteiger partial charge in [0.15, 0.2) is 5.11 Å². The zero-order valence-electron chi connectivity index (χ0n) is 20.5. The zero-order chi connectivity index (χ0) is 23.9. The number of methoxy groups -OCH3 is 1. The van der Waals surface area contributed by atoms with E-state index in [2.05, 4.69) is 17.6 Å². The summed E-state index contributed by atoms with van der Waals surface area (Å²) >= 11 is 5.40. The number of rotatable bonds is 16. The fraction of sp³-hybridized carbons (Fsp3) is 0.630. The van der Waals surface area contributed by atoms with Crippen LogP contribution in [0.25, 0.3) is 0 Å². The zero-order valence-corrected chi connectivity index (χ0v) is 21.3. The van der Waals surface area contributed by atoms with Crippen molar-refractivity contribution in [2.24, 2.45) is 0 Å². The van der Waals surface area contributed by atoms with Gasteiger partial charge in [0.2, 0.25) is 0 Å². The smallest absolute Gasteiger partial charge is 0.337 e. The molecule has 0 amide bonds. The SMILES string of the molecule is CCCCCCCCCCCCCCCC1=C(C(=O)OC)C(c2cccc(O)c2)NC(=S)N1. The van der Waals surface area contributed by atoms with Crippen molar-refractivity contribution in [3.8, 4) is 5.75 Å². The van der Waals surface area contributed by atoms with Crippen LogP contribution in [-0.4, -0.2) is 23.3 Å². The van der Waals surface area contributed by atoms with Crippen LogP contribution >= 0.6 is 12.2 Å². The number of ether oxygens (including phenoxy) is 1. The minimum absolute atomic E-state index is 0.154. The maximum atomic E-state index is 12.6. The van der Waals surface area contributed by atoms with Crippen molar-refractivity contribution >= 4 is 23.3 Å². The van der Waals surface area contributed by atoms with Crippen molar-refractivity contribution in [1.29, 1.82) is 0 Å². The van der Waals surface area contributed by atoms with Crippen molar-refractivity contribution in [3.05, 3.63) is 41.1 Å². The van der Waals surface area contributed by atoms with Crippen LogP contribution in [0.4, 0.5) is 0 Å². The van der Waals surface area contributed by atoms with Crippen molar-refractivity contribution in [1.82, 2.24) is 10.6 Å². The van der Waals surface area contributed by atoms with Gasteiger partial charge in [-0.05, 0) is 42.8 Å². The van der Waals surface area contributed by atoms with Gasteiger partial charge in [-0.2, -0.15) is 0 Å². The van der Waals surface area contributed by atoms with Gasteiger partial charge in [-0.25, -0.2) is 4.79 Å². The number of phenols is 1. The lowest BCUT2D eigenvalue weighted by molar-refractivity contribution is -0.136. The first kappa shape index (κ1) is 27.2. The Kier molecular flexibility index (Phi) is 12.9. The highest BCUT2D eigenvalue weighted by Gasteiger charge is 2.32. The van der Waals surface area contributed by atoms with Gasteiger partial charge < -0.3 is 20.5 Å². The molecule has 1 aromatic carbocycles. The van der Waals surface area contributed by atoms with Crippen molar-refractivity contribution < 1.29 is 14.6 Å². The summed E-state index contributed by atoms with van der Waals surface area (Å²) in [5.74, 6) is -0.225. The number of aromatic hydroxyl groups is 1. The molecule has 6 heteroatoms. The van der Waals surface area contributed by atoms with E-state index >= 15 is 0 Å². The first-order valence-corrected chi connectivity index (χ1v) is 13.2. The standard InChI is InChI=1S/C27H42N2O3S/c1-3-4-5-6-7-8-9-10-11-12-13-14-15-19-23-24(26(31)32-2)25(29-27(33)28-23)21-17-16-18-22(30)20-21/h16-18,20,25,30H,3-15,19H2,1-2H3,(H2,28,29,33). The summed E-state index contributed by atoms with van der Waals surface area (Å²) < 4.78 is 5.07. The Morgan fingerprint density at radius 1 is 0.970 bits per heavy atom. The van der Waals surface area contributed by atoms with Gasteiger partial charge in [0.25, 0.3) is 0 Å². The Labute approximate surface area is 205 Å². The molecule has 0 bridgehead atoms.